The lowest BCUT2D eigenvalue weighted by Gasteiger charge is -2.29. The second-order valence-electron chi connectivity index (χ2n) is 7.57. The fourth-order valence-corrected chi connectivity index (χ4v) is 3.95. The first-order valence-corrected chi connectivity index (χ1v) is 10.7. The fourth-order valence-electron chi connectivity index (χ4n) is 3.77. The lowest BCUT2D eigenvalue weighted by molar-refractivity contribution is 0.326. The number of nitrogens with one attached hydrogen (secondary N) is 3. The summed E-state index contributed by atoms with van der Waals surface area (Å²) < 4.78 is 13.4. The van der Waals surface area contributed by atoms with Crippen LogP contribution in [0.15, 0.2) is 30.7 Å². The first-order valence-electron chi connectivity index (χ1n) is 10.3. The summed E-state index contributed by atoms with van der Waals surface area (Å²) >= 11 is 5.88. The van der Waals surface area contributed by atoms with Crippen molar-refractivity contribution < 1.29 is 4.39 Å². The summed E-state index contributed by atoms with van der Waals surface area (Å²) in [7, 11) is 0. The summed E-state index contributed by atoms with van der Waals surface area (Å²) in [5, 5.41) is 10.1. The third-order valence-electron chi connectivity index (χ3n) is 5.42. The van der Waals surface area contributed by atoms with Crippen molar-refractivity contribution in [3.8, 4) is 0 Å². The first-order chi connectivity index (χ1) is 14.6. The number of benzene rings is 1. The Morgan fingerprint density at radius 2 is 1.97 bits per heavy atom. The minimum absolute atomic E-state index is 0.0417. The van der Waals surface area contributed by atoms with E-state index in [0.717, 1.165) is 31.8 Å². The van der Waals surface area contributed by atoms with Crippen LogP contribution < -0.4 is 16.0 Å². The molecule has 2 aromatic heterocycles. The summed E-state index contributed by atoms with van der Waals surface area (Å²) in [5.74, 6) is 1.35. The number of hydrogen-bond donors (Lipinski definition) is 3. The van der Waals surface area contributed by atoms with Crippen molar-refractivity contribution >= 4 is 40.1 Å². The second-order valence-corrected chi connectivity index (χ2v) is 7.98. The van der Waals surface area contributed by atoms with Gasteiger partial charge >= 0.3 is 0 Å². The van der Waals surface area contributed by atoms with Gasteiger partial charge in [0, 0.05) is 11.7 Å². The van der Waals surface area contributed by atoms with Gasteiger partial charge < -0.3 is 16.0 Å². The van der Waals surface area contributed by atoms with Gasteiger partial charge in [0.15, 0.2) is 5.82 Å². The zero-order valence-corrected chi connectivity index (χ0v) is 17.6. The summed E-state index contributed by atoms with van der Waals surface area (Å²) in [6.45, 7) is 4.25. The van der Waals surface area contributed by atoms with Gasteiger partial charge in [-0.3, -0.25) is 0 Å². The quantitative estimate of drug-likeness (QED) is 0.508. The predicted molar refractivity (Wildman–Crippen MR) is 118 cm³/mol. The van der Waals surface area contributed by atoms with Crippen LogP contribution in [-0.2, 0) is 0 Å². The highest BCUT2D eigenvalue weighted by Crippen LogP contribution is 2.27. The first kappa shape index (κ1) is 20.7. The molecule has 0 aliphatic heterocycles. The minimum atomic E-state index is -0.469. The van der Waals surface area contributed by atoms with E-state index in [1.54, 1.807) is 12.3 Å². The Hall–Kier alpha value is -2.58. The van der Waals surface area contributed by atoms with Crippen LogP contribution in [0.3, 0.4) is 0 Å². The maximum absolute atomic E-state index is 13.4. The smallest absolute Gasteiger partial charge is 0.223 e. The van der Waals surface area contributed by atoms with Crippen molar-refractivity contribution in [2.75, 3.05) is 23.7 Å². The number of hydrogen-bond acceptors (Lipinski definition) is 7. The lowest BCUT2D eigenvalue weighted by Crippen LogP contribution is -2.31. The Labute approximate surface area is 179 Å². The van der Waals surface area contributed by atoms with Gasteiger partial charge in [0.2, 0.25) is 5.95 Å². The van der Waals surface area contributed by atoms with Gasteiger partial charge in [0.25, 0.3) is 0 Å². The van der Waals surface area contributed by atoms with Crippen LogP contribution in [0, 0.1) is 11.7 Å². The molecule has 2 heterocycles. The van der Waals surface area contributed by atoms with Gasteiger partial charge in [-0.25, -0.2) is 24.3 Å². The van der Waals surface area contributed by atoms with Crippen molar-refractivity contribution in [3.63, 3.8) is 0 Å². The van der Waals surface area contributed by atoms with Crippen molar-refractivity contribution in [1.29, 1.82) is 0 Å². The Bertz CT molecular complexity index is 1010. The van der Waals surface area contributed by atoms with Gasteiger partial charge in [-0.15, -0.1) is 0 Å². The van der Waals surface area contributed by atoms with Crippen molar-refractivity contribution in [1.82, 2.24) is 25.3 Å². The number of fused-ring (bicyclic) bond motifs is 1. The van der Waals surface area contributed by atoms with Crippen LogP contribution >= 0.6 is 11.6 Å². The van der Waals surface area contributed by atoms with E-state index >= 15 is 0 Å². The molecule has 0 amide bonds. The normalized spacial score (nSPS) is 19.0. The Balaban J connectivity index is 1.48. The zero-order valence-electron chi connectivity index (χ0n) is 16.8. The zero-order chi connectivity index (χ0) is 20.9. The molecule has 4 rings (SSSR count). The van der Waals surface area contributed by atoms with Gasteiger partial charge in [-0.1, -0.05) is 18.5 Å². The van der Waals surface area contributed by atoms with E-state index in [1.807, 2.05) is 0 Å². The molecule has 3 N–H and O–H groups in total. The molecule has 0 saturated heterocycles. The monoisotopic (exact) mass is 429 g/mol. The average Bonchev–Trinajstić information content (AvgIpc) is 2.76. The molecule has 1 saturated carbocycles. The van der Waals surface area contributed by atoms with Crippen LogP contribution in [-0.4, -0.2) is 39.1 Å². The molecule has 0 unspecified atom stereocenters. The number of nitrogens with zero attached hydrogens (tertiary/aromatic N) is 4. The molecule has 1 aliphatic carbocycles. The fraction of sp³-hybridized carbons (Fsp3) is 0.429. The number of halogens is 2. The molecule has 3 aromatic rings. The summed E-state index contributed by atoms with van der Waals surface area (Å²) in [6.07, 6.45) is 7.71. The second kappa shape index (κ2) is 9.49. The highest BCUT2D eigenvalue weighted by atomic mass is 35.5. The largest absolute Gasteiger partial charge is 0.351 e. The van der Waals surface area contributed by atoms with Crippen LogP contribution in [0.2, 0.25) is 5.02 Å². The van der Waals surface area contributed by atoms with Crippen LogP contribution in [0.4, 0.5) is 21.8 Å². The maximum atomic E-state index is 13.4. The highest BCUT2D eigenvalue weighted by molar-refractivity contribution is 6.31. The molecule has 0 radical (unpaired) electrons. The topological polar surface area (TPSA) is 87.7 Å². The van der Waals surface area contributed by atoms with Crippen molar-refractivity contribution in [2.45, 2.75) is 38.6 Å². The van der Waals surface area contributed by atoms with Gasteiger partial charge in [-0.2, -0.15) is 0 Å². The summed E-state index contributed by atoms with van der Waals surface area (Å²) in [5.41, 5.74) is 1.84. The summed E-state index contributed by atoms with van der Waals surface area (Å²) in [4.78, 5) is 17.6. The van der Waals surface area contributed by atoms with E-state index in [4.69, 9.17) is 11.6 Å². The molecule has 1 fully saturated rings. The Morgan fingerprint density at radius 1 is 1.13 bits per heavy atom. The minimum Gasteiger partial charge on any atom is -0.351 e. The van der Waals surface area contributed by atoms with E-state index in [9.17, 15) is 4.39 Å². The molecule has 0 bridgehead atoms. The molecule has 158 valence electrons. The van der Waals surface area contributed by atoms with Gasteiger partial charge in [0.1, 0.15) is 23.2 Å². The third-order valence-corrected chi connectivity index (χ3v) is 5.71. The molecular formula is C21H25ClFN7. The molecule has 9 heteroatoms. The van der Waals surface area contributed by atoms with Gasteiger partial charge in [-0.05, 0) is 62.9 Å². The van der Waals surface area contributed by atoms with E-state index in [0.29, 0.717) is 34.5 Å². The Kier molecular flexibility index (Phi) is 6.54. The number of anilines is 3. The standard InChI is InChI=1S/C21H25ClFN7/c1-2-24-10-13-3-5-14(6-4-13)29-21-25-11-18-19(30-21)20(27-12-26-18)28-15-7-8-17(23)16(22)9-15/h7-9,11-14,24H,2-6,10H2,1H3,(H,25,29,30)(H,26,27,28). The number of aromatic nitrogens is 4. The van der Waals surface area contributed by atoms with Crippen molar-refractivity contribution in [3.05, 3.63) is 41.6 Å². The molecule has 1 aliphatic rings. The lowest BCUT2D eigenvalue weighted by atomic mass is 9.86. The van der Waals surface area contributed by atoms with Gasteiger partial charge in [0.05, 0.1) is 11.2 Å². The van der Waals surface area contributed by atoms with Crippen LogP contribution in [0.1, 0.15) is 32.6 Å². The van der Waals surface area contributed by atoms with Crippen LogP contribution in [0.25, 0.3) is 11.0 Å². The SMILES string of the molecule is CCNCC1CCC(Nc2ncc3ncnc(Nc4ccc(F)c(Cl)c4)c3n2)CC1. The number of rotatable bonds is 7. The average molecular weight is 430 g/mol. The molecular weight excluding hydrogens is 405 g/mol. The Morgan fingerprint density at radius 3 is 2.73 bits per heavy atom. The summed E-state index contributed by atoms with van der Waals surface area (Å²) in [6, 6.07) is 4.78. The van der Waals surface area contributed by atoms with Crippen molar-refractivity contribution in [2.24, 2.45) is 5.92 Å². The van der Waals surface area contributed by atoms with E-state index in [2.05, 4.69) is 42.8 Å². The highest BCUT2D eigenvalue weighted by Gasteiger charge is 2.21. The molecule has 0 atom stereocenters. The molecule has 30 heavy (non-hydrogen) atoms. The van der Waals surface area contributed by atoms with E-state index < -0.39 is 5.82 Å². The molecule has 0 spiro atoms. The van der Waals surface area contributed by atoms with Crippen LogP contribution in [0.5, 0.6) is 0 Å². The van der Waals surface area contributed by atoms with E-state index in [1.165, 1.54) is 31.3 Å². The predicted octanol–water partition coefficient (Wildman–Crippen LogP) is 4.54. The molecule has 1 aromatic carbocycles. The van der Waals surface area contributed by atoms with E-state index in [-0.39, 0.29) is 5.02 Å². The molecule has 7 nitrogen and oxygen atoms in total. The third kappa shape index (κ3) is 4.94. The maximum Gasteiger partial charge on any atom is 0.223 e.